The topological polar surface area (TPSA) is 46.4 Å². The molecule has 4 nitrogen and oxygen atoms in total. The Bertz CT molecular complexity index is 702. The Balaban J connectivity index is 1.73. The van der Waals surface area contributed by atoms with E-state index in [0.717, 1.165) is 11.4 Å². The van der Waals surface area contributed by atoms with Crippen molar-refractivity contribution in [2.75, 3.05) is 0 Å². The molecule has 1 N–H and O–H groups in total. The van der Waals surface area contributed by atoms with Crippen molar-refractivity contribution in [3.63, 3.8) is 0 Å². The first-order valence-electron chi connectivity index (χ1n) is 7.66. The molecule has 1 aromatic carbocycles. The fraction of sp³-hybridized carbons (Fsp3) is 0.333. The second kappa shape index (κ2) is 5.79. The molecule has 1 amide bonds. The molecule has 0 saturated heterocycles. The summed E-state index contributed by atoms with van der Waals surface area (Å²) in [6.45, 7) is 6.12. The molecule has 1 aromatic heterocycles. The van der Waals surface area contributed by atoms with Crippen molar-refractivity contribution in [2.24, 2.45) is 11.0 Å². The number of aromatic nitrogens is 1. The number of hydrazone groups is 1. The lowest BCUT2D eigenvalue weighted by Gasteiger charge is -2.10. The summed E-state index contributed by atoms with van der Waals surface area (Å²) >= 11 is 0. The number of hydrogen-bond acceptors (Lipinski definition) is 2. The average molecular weight is 295 g/mol. The summed E-state index contributed by atoms with van der Waals surface area (Å²) in [5, 5.41) is 4.17. The predicted octanol–water partition coefficient (Wildman–Crippen LogP) is 3.61. The third kappa shape index (κ3) is 2.96. The first kappa shape index (κ1) is 14.6. The van der Waals surface area contributed by atoms with Gasteiger partial charge in [0.1, 0.15) is 0 Å². The van der Waals surface area contributed by atoms with Gasteiger partial charge in [0, 0.05) is 28.4 Å². The molecule has 22 heavy (non-hydrogen) atoms. The summed E-state index contributed by atoms with van der Waals surface area (Å²) in [7, 11) is 0. The van der Waals surface area contributed by atoms with Crippen LogP contribution in [0.5, 0.6) is 0 Å². The van der Waals surface area contributed by atoms with E-state index in [9.17, 15) is 4.79 Å². The average Bonchev–Trinajstić information content (AvgIpc) is 3.31. The zero-order valence-electron chi connectivity index (χ0n) is 13.3. The first-order valence-corrected chi connectivity index (χ1v) is 7.66. The Kier molecular flexibility index (Phi) is 3.84. The maximum Gasteiger partial charge on any atom is 0.271 e. The zero-order chi connectivity index (χ0) is 15.7. The minimum absolute atomic E-state index is 0.160. The number of nitrogens with zero attached hydrogens (tertiary/aromatic N) is 2. The molecule has 0 bridgehead atoms. The van der Waals surface area contributed by atoms with Gasteiger partial charge in [0.15, 0.2) is 0 Å². The molecule has 1 fully saturated rings. The second-order valence-corrected chi connectivity index (χ2v) is 5.97. The first-order chi connectivity index (χ1) is 10.6. The molecular formula is C18H21N3O. The van der Waals surface area contributed by atoms with E-state index in [0.29, 0.717) is 11.5 Å². The van der Waals surface area contributed by atoms with Gasteiger partial charge >= 0.3 is 0 Å². The van der Waals surface area contributed by atoms with Crippen LogP contribution in [0.25, 0.3) is 5.69 Å². The van der Waals surface area contributed by atoms with Crippen molar-refractivity contribution in [1.29, 1.82) is 0 Å². The highest BCUT2D eigenvalue weighted by atomic mass is 16.2. The fourth-order valence-electron chi connectivity index (χ4n) is 2.63. The Hall–Kier alpha value is -2.36. The quantitative estimate of drug-likeness (QED) is 0.679. The number of benzene rings is 1. The summed E-state index contributed by atoms with van der Waals surface area (Å²) in [6.07, 6.45) is 2.38. The molecule has 4 heteroatoms. The summed E-state index contributed by atoms with van der Waals surface area (Å²) in [6, 6.07) is 11.8. The van der Waals surface area contributed by atoms with Gasteiger partial charge in [0.2, 0.25) is 0 Å². The van der Waals surface area contributed by atoms with Crippen LogP contribution in [0.15, 0.2) is 41.5 Å². The van der Waals surface area contributed by atoms with Crippen molar-refractivity contribution in [3.05, 3.63) is 53.3 Å². The lowest BCUT2D eigenvalue weighted by atomic mass is 10.2. The van der Waals surface area contributed by atoms with Crippen molar-refractivity contribution in [1.82, 2.24) is 9.99 Å². The van der Waals surface area contributed by atoms with E-state index in [1.165, 1.54) is 24.2 Å². The van der Waals surface area contributed by atoms with Gasteiger partial charge in [-0.25, -0.2) is 5.43 Å². The number of rotatable bonds is 4. The third-order valence-electron chi connectivity index (χ3n) is 4.16. The van der Waals surface area contributed by atoms with Gasteiger partial charge in [-0.2, -0.15) is 5.10 Å². The monoisotopic (exact) mass is 295 g/mol. The van der Waals surface area contributed by atoms with E-state index in [2.05, 4.69) is 41.1 Å². The largest absolute Gasteiger partial charge is 0.319 e. The molecular weight excluding hydrogens is 274 g/mol. The highest BCUT2D eigenvalue weighted by Crippen LogP contribution is 2.30. The summed E-state index contributed by atoms with van der Waals surface area (Å²) in [5.74, 6) is 0.412. The normalized spacial score (nSPS) is 15.0. The number of hydrogen-bond donors (Lipinski definition) is 1. The van der Waals surface area contributed by atoms with E-state index < -0.39 is 0 Å². The number of nitrogens with one attached hydrogen (secondary N) is 1. The standard InChI is InChI=1S/C18H21N3O/c1-12-4-5-13(2)21(12)17-10-8-16(9-11-17)18(22)20-19-14(3)15-6-7-15/h4-5,8-11,15H,6-7H2,1-3H3,(H,20,22). The molecule has 1 saturated carbocycles. The molecule has 114 valence electrons. The SMILES string of the molecule is CC(=NNC(=O)c1ccc(-n2c(C)ccc2C)cc1)C1CC1. The van der Waals surface area contributed by atoms with Gasteiger partial charge in [0.25, 0.3) is 5.91 Å². The molecule has 0 unspecified atom stereocenters. The number of amides is 1. The van der Waals surface area contributed by atoms with Gasteiger partial charge in [-0.15, -0.1) is 0 Å². The van der Waals surface area contributed by atoms with Crippen LogP contribution in [0.3, 0.4) is 0 Å². The highest BCUT2D eigenvalue weighted by Gasteiger charge is 2.24. The van der Waals surface area contributed by atoms with Crippen molar-refractivity contribution < 1.29 is 4.79 Å². The Labute approximate surface area is 130 Å². The minimum atomic E-state index is -0.160. The van der Waals surface area contributed by atoms with Crippen LogP contribution in [-0.4, -0.2) is 16.2 Å². The molecule has 1 aliphatic carbocycles. The second-order valence-electron chi connectivity index (χ2n) is 5.97. The van der Waals surface area contributed by atoms with Crippen molar-refractivity contribution in [2.45, 2.75) is 33.6 Å². The molecule has 2 aromatic rings. The van der Waals surface area contributed by atoms with Crippen LogP contribution in [0, 0.1) is 19.8 Å². The predicted molar refractivity (Wildman–Crippen MR) is 88.5 cm³/mol. The lowest BCUT2D eigenvalue weighted by Crippen LogP contribution is -2.19. The number of carbonyl (C=O) groups excluding carboxylic acids is 1. The third-order valence-corrected chi connectivity index (χ3v) is 4.16. The van der Waals surface area contributed by atoms with Crippen molar-refractivity contribution >= 4 is 11.6 Å². The van der Waals surface area contributed by atoms with E-state index >= 15 is 0 Å². The van der Waals surface area contributed by atoms with Crippen LogP contribution < -0.4 is 5.43 Å². The summed E-state index contributed by atoms with van der Waals surface area (Å²) in [4.78, 5) is 12.1. The van der Waals surface area contributed by atoms with Crippen LogP contribution in [0.2, 0.25) is 0 Å². The van der Waals surface area contributed by atoms with Crippen molar-refractivity contribution in [3.8, 4) is 5.69 Å². The fourth-order valence-corrected chi connectivity index (χ4v) is 2.63. The summed E-state index contributed by atoms with van der Waals surface area (Å²) < 4.78 is 2.16. The highest BCUT2D eigenvalue weighted by molar-refractivity contribution is 5.95. The van der Waals surface area contributed by atoms with Crippen LogP contribution in [0.4, 0.5) is 0 Å². The maximum atomic E-state index is 12.1. The smallest absolute Gasteiger partial charge is 0.271 e. The minimum Gasteiger partial charge on any atom is -0.319 e. The van der Waals surface area contributed by atoms with E-state index in [1.807, 2.05) is 31.2 Å². The molecule has 0 aliphatic heterocycles. The Morgan fingerprint density at radius 2 is 1.68 bits per heavy atom. The Morgan fingerprint density at radius 3 is 2.23 bits per heavy atom. The summed E-state index contributed by atoms with van der Waals surface area (Å²) in [5.41, 5.74) is 7.70. The van der Waals surface area contributed by atoms with Gasteiger partial charge in [-0.1, -0.05) is 0 Å². The van der Waals surface area contributed by atoms with Crippen LogP contribution in [0.1, 0.15) is 41.5 Å². The van der Waals surface area contributed by atoms with Gasteiger partial charge < -0.3 is 4.57 Å². The molecule has 1 aliphatic rings. The molecule has 3 rings (SSSR count). The van der Waals surface area contributed by atoms with Gasteiger partial charge in [-0.3, -0.25) is 4.79 Å². The van der Waals surface area contributed by atoms with E-state index in [-0.39, 0.29) is 5.91 Å². The molecule has 0 radical (unpaired) electrons. The zero-order valence-corrected chi connectivity index (χ0v) is 13.3. The van der Waals surface area contributed by atoms with Crippen LogP contribution >= 0.6 is 0 Å². The van der Waals surface area contributed by atoms with Gasteiger partial charge in [0.05, 0.1) is 0 Å². The van der Waals surface area contributed by atoms with E-state index in [1.54, 1.807) is 0 Å². The molecule has 0 spiro atoms. The number of carbonyl (C=O) groups is 1. The lowest BCUT2D eigenvalue weighted by molar-refractivity contribution is 0.0954. The molecule has 0 atom stereocenters. The van der Waals surface area contributed by atoms with Crippen LogP contribution in [-0.2, 0) is 0 Å². The number of aryl methyl sites for hydroxylation is 2. The van der Waals surface area contributed by atoms with Gasteiger partial charge in [-0.05, 0) is 75.9 Å². The Morgan fingerprint density at radius 1 is 1.09 bits per heavy atom. The maximum absolute atomic E-state index is 12.1. The molecule has 1 heterocycles. The van der Waals surface area contributed by atoms with E-state index in [4.69, 9.17) is 0 Å².